The average molecular weight is 330 g/mol. The predicted octanol–water partition coefficient (Wildman–Crippen LogP) is 3.35. The summed E-state index contributed by atoms with van der Waals surface area (Å²) in [6.07, 6.45) is 6.23. The van der Waals surface area contributed by atoms with Gasteiger partial charge in [-0.3, -0.25) is 0 Å². The van der Waals surface area contributed by atoms with E-state index in [9.17, 15) is 4.79 Å². The molecule has 6 rings (SSSR count). The lowest BCUT2D eigenvalue weighted by atomic mass is 9.44. The summed E-state index contributed by atoms with van der Waals surface area (Å²) in [7, 11) is 0. The average Bonchev–Trinajstić information content (AvgIpc) is 3.34. The van der Waals surface area contributed by atoms with Crippen LogP contribution in [0.25, 0.3) is 0 Å². The quantitative estimate of drug-likeness (QED) is 0.505. The van der Waals surface area contributed by atoms with E-state index in [1.54, 1.807) is 0 Å². The lowest BCUT2D eigenvalue weighted by Crippen LogP contribution is -2.59. The van der Waals surface area contributed by atoms with Crippen LogP contribution in [0.5, 0.6) is 0 Å². The molecule has 4 nitrogen and oxygen atoms in total. The monoisotopic (exact) mass is 330 g/mol. The molecule has 0 aromatic rings. The third-order valence-corrected chi connectivity index (χ3v) is 8.57. The Hall–Kier alpha value is -0.870. The van der Waals surface area contributed by atoms with Crippen molar-refractivity contribution in [1.29, 1.82) is 0 Å². The maximum absolute atomic E-state index is 12.2. The molecule has 3 aliphatic carbocycles. The van der Waals surface area contributed by atoms with Gasteiger partial charge in [-0.2, -0.15) is 0 Å². The van der Waals surface area contributed by atoms with Gasteiger partial charge in [-0.25, -0.2) is 4.79 Å². The topological polar surface area (TPSA) is 51.4 Å². The molecule has 0 N–H and O–H groups in total. The van der Waals surface area contributed by atoms with Crippen LogP contribution in [-0.2, 0) is 19.0 Å². The second-order valence-corrected chi connectivity index (χ2v) is 10.0. The molecule has 0 bridgehead atoms. The van der Waals surface area contributed by atoms with Crippen LogP contribution in [0, 0.1) is 22.7 Å². The van der Waals surface area contributed by atoms with Crippen molar-refractivity contribution in [3.63, 3.8) is 0 Å². The second kappa shape index (κ2) is 3.64. The molecule has 6 aliphatic rings. The Morgan fingerprint density at radius 3 is 2.67 bits per heavy atom. The number of esters is 1. The third-order valence-electron chi connectivity index (χ3n) is 8.57. The van der Waals surface area contributed by atoms with Crippen molar-refractivity contribution < 1.29 is 19.0 Å². The highest BCUT2D eigenvalue weighted by Gasteiger charge is 2.88. The second-order valence-electron chi connectivity index (χ2n) is 10.0. The molecule has 5 fully saturated rings. The van der Waals surface area contributed by atoms with Crippen molar-refractivity contribution >= 4 is 5.97 Å². The van der Waals surface area contributed by atoms with Gasteiger partial charge in [-0.05, 0) is 49.4 Å². The standard InChI is InChI=1S/C20H26O4/c1-10-12-14-19(22-14)9-6-11-17(2,3)7-5-8-18(11,4)13(19)15-20(12,23-15)24-16(10)21/h11,13-15H,5-9H2,1-4H3/t11-,13+,14-,15-,18-,19+,20-/m1/s1. The number of carbonyl (C=O) groups excluding carboxylic acids is 1. The first-order valence-electron chi connectivity index (χ1n) is 9.56. The molecule has 0 radical (unpaired) electrons. The van der Waals surface area contributed by atoms with Crippen LogP contribution >= 0.6 is 0 Å². The Labute approximate surface area is 142 Å². The van der Waals surface area contributed by atoms with Crippen LogP contribution in [0.4, 0.5) is 0 Å². The molecule has 0 aromatic carbocycles. The third kappa shape index (κ3) is 1.27. The Morgan fingerprint density at radius 1 is 1.08 bits per heavy atom. The fourth-order valence-electron chi connectivity index (χ4n) is 7.62. The molecule has 2 spiro atoms. The van der Waals surface area contributed by atoms with E-state index in [2.05, 4.69) is 20.8 Å². The van der Waals surface area contributed by atoms with Crippen LogP contribution in [0.2, 0.25) is 0 Å². The molecule has 3 heterocycles. The SMILES string of the molecule is CC1=C2[C@H]3O[C@]34CC[C@@H]3C(C)(C)CCC[C@@]3(C)[C@@H]4[C@H]3O[C@@]23OC1=O. The summed E-state index contributed by atoms with van der Waals surface area (Å²) < 4.78 is 18.4. The minimum Gasteiger partial charge on any atom is -0.422 e. The Kier molecular flexibility index (Phi) is 2.17. The lowest BCUT2D eigenvalue weighted by molar-refractivity contribution is -0.147. The summed E-state index contributed by atoms with van der Waals surface area (Å²) in [5.74, 6) is 0.0886. The molecule has 3 aliphatic heterocycles. The molecule has 130 valence electrons. The van der Waals surface area contributed by atoms with Gasteiger partial charge in [0.05, 0.1) is 0 Å². The van der Waals surface area contributed by atoms with E-state index in [-0.39, 0.29) is 29.2 Å². The Bertz CT molecular complexity index is 723. The molecule has 24 heavy (non-hydrogen) atoms. The fraction of sp³-hybridized carbons (Fsp3) is 0.850. The van der Waals surface area contributed by atoms with Crippen molar-refractivity contribution in [2.75, 3.05) is 0 Å². The summed E-state index contributed by atoms with van der Waals surface area (Å²) in [4.78, 5) is 12.2. The maximum Gasteiger partial charge on any atom is 0.336 e. The highest BCUT2D eigenvalue weighted by molar-refractivity contribution is 5.93. The van der Waals surface area contributed by atoms with E-state index in [1.165, 1.54) is 25.7 Å². The van der Waals surface area contributed by atoms with Gasteiger partial charge in [-0.1, -0.05) is 27.2 Å². The van der Waals surface area contributed by atoms with Crippen LogP contribution in [0.1, 0.15) is 59.8 Å². The summed E-state index contributed by atoms with van der Waals surface area (Å²) >= 11 is 0. The van der Waals surface area contributed by atoms with Gasteiger partial charge in [0.1, 0.15) is 17.8 Å². The number of carbonyl (C=O) groups is 1. The van der Waals surface area contributed by atoms with E-state index in [0.717, 1.165) is 17.6 Å². The predicted molar refractivity (Wildman–Crippen MR) is 86.0 cm³/mol. The zero-order chi connectivity index (χ0) is 16.7. The fourth-order valence-corrected chi connectivity index (χ4v) is 7.62. The molecular formula is C20H26O4. The number of ether oxygens (including phenoxy) is 3. The highest BCUT2D eigenvalue weighted by atomic mass is 16.8. The number of rotatable bonds is 0. The van der Waals surface area contributed by atoms with Crippen LogP contribution in [0.3, 0.4) is 0 Å². The van der Waals surface area contributed by atoms with Gasteiger partial charge < -0.3 is 14.2 Å². The first kappa shape index (κ1) is 14.3. The maximum atomic E-state index is 12.2. The van der Waals surface area contributed by atoms with Crippen molar-refractivity contribution in [2.24, 2.45) is 22.7 Å². The zero-order valence-electron chi connectivity index (χ0n) is 15.0. The van der Waals surface area contributed by atoms with E-state index in [1.807, 2.05) is 6.92 Å². The van der Waals surface area contributed by atoms with Crippen molar-refractivity contribution in [2.45, 2.75) is 83.4 Å². The summed E-state index contributed by atoms with van der Waals surface area (Å²) in [6.45, 7) is 9.22. The van der Waals surface area contributed by atoms with Gasteiger partial charge in [0, 0.05) is 17.1 Å². The summed E-state index contributed by atoms with van der Waals surface area (Å²) in [5.41, 5.74) is 2.25. The molecule has 2 saturated heterocycles. The number of fused-ring (bicyclic) bond motifs is 4. The van der Waals surface area contributed by atoms with Crippen molar-refractivity contribution in [1.82, 2.24) is 0 Å². The van der Waals surface area contributed by atoms with E-state index >= 15 is 0 Å². The largest absolute Gasteiger partial charge is 0.422 e. The number of hydrogen-bond acceptors (Lipinski definition) is 4. The minimum atomic E-state index is -0.761. The van der Waals surface area contributed by atoms with E-state index in [0.29, 0.717) is 17.3 Å². The highest BCUT2D eigenvalue weighted by Crippen LogP contribution is 2.77. The molecule has 0 amide bonds. The van der Waals surface area contributed by atoms with Gasteiger partial charge in [0.2, 0.25) is 0 Å². The van der Waals surface area contributed by atoms with Gasteiger partial charge >= 0.3 is 5.97 Å². The molecule has 7 atom stereocenters. The van der Waals surface area contributed by atoms with Crippen molar-refractivity contribution in [3.05, 3.63) is 11.1 Å². The Balaban J connectivity index is 1.49. The van der Waals surface area contributed by atoms with Gasteiger partial charge in [0.15, 0.2) is 0 Å². The zero-order valence-corrected chi connectivity index (χ0v) is 15.0. The van der Waals surface area contributed by atoms with Crippen LogP contribution in [0.15, 0.2) is 11.1 Å². The van der Waals surface area contributed by atoms with E-state index in [4.69, 9.17) is 14.2 Å². The minimum absolute atomic E-state index is 0.00866. The van der Waals surface area contributed by atoms with Gasteiger partial charge in [0.25, 0.3) is 5.79 Å². The van der Waals surface area contributed by atoms with Crippen LogP contribution in [-0.4, -0.2) is 29.6 Å². The van der Waals surface area contributed by atoms with Crippen molar-refractivity contribution in [3.8, 4) is 0 Å². The van der Waals surface area contributed by atoms with Gasteiger partial charge in [-0.15, -0.1) is 0 Å². The van der Waals surface area contributed by atoms with E-state index < -0.39 is 5.79 Å². The molecule has 4 heteroatoms. The lowest BCUT2D eigenvalue weighted by Gasteiger charge is -2.59. The molecular weight excluding hydrogens is 304 g/mol. The van der Waals surface area contributed by atoms with Crippen LogP contribution < -0.4 is 0 Å². The normalized spacial score (nSPS) is 58.8. The Morgan fingerprint density at radius 2 is 1.88 bits per heavy atom. The number of hydrogen-bond donors (Lipinski definition) is 0. The summed E-state index contributed by atoms with van der Waals surface area (Å²) in [5, 5.41) is 0. The molecule has 0 aromatic heterocycles. The first-order valence-corrected chi connectivity index (χ1v) is 9.56. The summed E-state index contributed by atoms with van der Waals surface area (Å²) in [6, 6.07) is 0. The molecule has 0 unspecified atom stereocenters. The first-order chi connectivity index (χ1) is 11.3. The molecule has 3 saturated carbocycles. The number of epoxide rings is 2. The smallest absolute Gasteiger partial charge is 0.336 e.